The average Bonchev–Trinajstić information content (AvgIpc) is 2.95. The zero-order valence-electron chi connectivity index (χ0n) is 10.4. The van der Waals surface area contributed by atoms with Gasteiger partial charge in [0, 0.05) is 12.1 Å². The Hall–Kier alpha value is -0.740. The lowest BCUT2D eigenvalue weighted by Crippen LogP contribution is -2.39. The zero-order chi connectivity index (χ0) is 14.9. The van der Waals surface area contributed by atoms with Gasteiger partial charge in [0.05, 0.1) is 4.92 Å². The summed E-state index contributed by atoms with van der Waals surface area (Å²) >= 11 is 6.37. The van der Waals surface area contributed by atoms with Crippen molar-refractivity contribution in [3.05, 3.63) is 20.5 Å². The molecule has 0 spiro atoms. The SMILES string of the molecule is NCC1CCCC1NS(=O)(=O)c1cc([N+](=O)[O-])c(Cl)s1. The van der Waals surface area contributed by atoms with Crippen LogP contribution in [0.5, 0.6) is 0 Å². The van der Waals surface area contributed by atoms with Crippen molar-refractivity contribution in [1.82, 2.24) is 4.72 Å². The van der Waals surface area contributed by atoms with Crippen LogP contribution in [0.4, 0.5) is 5.69 Å². The molecule has 10 heteroatoms. The third-order valence-electron chi connectivity index (χ3n) is 3.38. The molecule has 0 saturated heterocycles. The van der Waals surface area contributed by atoms with Crippen molar-refractivity contribution >= 4 is 38.6 Å². The normalized spacial score (nSPS) is 23.1. The molecule has 0 radical (unpaired) electrons. The van der Waals surface area contributed by atoms with E-state index in [4.69, 9.17) is 17.3 Å². The van der Waals surface area contributed by atoms with E-state index in [-0.39, 0.29) is 26.2 Å². The molecule has 2 rings (SSSR count). The minimum absolute atomic E-state index is 0.107. The minimum atomic E-state index is -3.80. The quantitative estimate of drug-likeness (QED) is 0.626. The molecule has 1 aromatic rings. The molecule has 2 atom stereocenters. The number of halogens is 1. The predicted octanol–water partition coefficient (Wildman–Crippen LogP) is 1.72. The summed E-state index contributed by atoms with van der Waals surface area (Å²) in [4.78, 5) is 10.0. The molecular formula is C10H14ClN3O4S2. The summed E-state index contributed by atoms with van der Waals surface area (Å²) < 4.78 is 26.7. The summed E-state index contributed by atoms with van der Waals surface area (Å²) in [5, 5.41) is 10.7. The molecule has 0 bridgehead atoms. The van der Waals surface area contributed by atoms with E-state index < -0.39 is 14.9 Å². The maximum absolute atomic E-state index is 12.2. The van der Waals surface area contributed by atoms with Crippen molar-refractivity contribution in [1.29, 1.82) is 0 Å². The van der Waals surface area contributed by atoms with Gasteiger partial charge in [-0.25, -0.2) is 13.1 Å². The summed E-state index contributed by atoms with van der Waals surface area (Å²) in [5.74, 6) is 0.107. The fourth-order valence-corrected chi connectivity index (χ4v) is 5.35. The van der Waals surface area contributed by atoms with Crippen molar-refractivity contribution in [3.8, 4) is 0 Å². The molecule has 7 nitrogen and oxygen atoms in total. The first kappa shape index (κ1) is 15.6. The van der Waals surface area contributed by atoms with E-state index in [9.17, 15) is 18.5 Å². The molecule has 112 valence electrons. The van der Waals surface area contributed by atoms with Crippen LogP contribution in [0, 0.1) is 16.0 Å². The van der Waals surface area contributed by atoms with Gasteiger partial charge >= 0.3 is 0 Å². The molecule has 2 unspecified atom stereocenters. The minimum Gasteiger partial charge on any atom is -0.330 e. The number of sulfonamides is 1. The Labute approximate surface area is 125 Å². The molecule has 0 amide bonds. The molecule has 0 aliphatic heterocycles. The van der Waals surface area contributed by atoms with E-state index >= 15 is 0 Å². The van der Waals surface area contributed by atoms with Gasteiger partial charge < -0.3 is 5.73 Å². The third-order valence-corrected chi connectivity index (χ3v) is 6.68. The molecule has 1 heterocycles. The Balaban J connectivity index is 2.22. The van der Waals surface area contributed by atoms with Gasteiger partial charge in [-0.2, -0.15) is 0 Å². The van der Waals surface area contributed by atoms with Crippen molar-refractivity contribution in [2.75, 3.05) is 6.54 Å². The van der Waals surface area contributed by atoms with Crippen LogP contribution in [0.15, 0.2) is 10.3 Å². The molecule has 20 heavy (non-hydrogen) atoms. The maximum atomic E-state index is 12.2. The zero-order valence-corrected chi connectivity index (χ0v) is 12.8. The van der Waals surface area contributed by atoms with E-state index in [1.807, 2.05) is 0 Å². The number of nitrogens with one attached hydrogen (secondary N) is 1. The number of rotatable bonds is 5. The van der Waals surface area contributed by atoms with Gasteiger partial charge in [0.25, 0.3) is 15.7 Å². The summed E-state index contributed by atoms with van der Waals surface area (Å²) in [7, 11) is -3.80. The highest BCUT2D eigenvalue weighted by molar-refractivity contribution is 7.91. The molecule has 1 aromatic heterocycles. The largest absolute Gasteiger partial charge is 0.330 e. The maximum Gasteiger partial charge on any atom is 0.300 e. The molecule has 1 saturated carbocycles. The number of thiophene rings is 1. The fraction of sp³-hybridized carbons (Fsp3) is 0.600. The van der Waals surface area contributed by atoms with Crippen LogP contribution in [0.1, 0.15) is 19.3 Å². The first-order chi connectivity index (χ1) is 9.35. The van der Waals surface area contributed by atoms with Crippen molar-refractivity contribution in [2.45, 2.75) is 29.5 Å². The number of nitrogens with zero attached hydrogens (tertiary/aromatic N) is 1. The first-order valence-electron chi connectivity index (χ1n) is 6.01. The second-order valence-electron chi connectivity index (χ2n) is 4.64. The Morgan fingerprint density at radius 2 is 2.25 bits per heavy atom. The average molecular weight is 340 g/mol. The van der Waals surface area contributed by atoms with Crippen LogP contribution < -0.4 is 10.5 Å². The number of hydrogen-bond donors (Lipinski definition) is 2. The number of hydrogen-bond acceptors (Lipinski definition) is 6. The van der Waals surface area contributed by atoms with Gasteiger partial charge in [-0.05, 0) is 25.3 Å². The van der Waals surface area contributed by atoms with Gasteiger partial charge in [0.15, 0.2) is 4.34 Å². The van der Waals surface area contributed by atoms with Crippen molar-refractivity contribution < 1.29 is 13.3 Å². The molecule has 1 aliphatic rings. The summed E-state index contributed by atoms with van der Waals surface area (Å²) in [6.45, 7) is 0.415. The van der Waals surface area contributed by atoms with E-state index in [0.717, 1.165) is 25.3 Å². The lowest BCUT2D eigenvalue weighted by atomic mass is 10.1. The Morgan fingerprint density at radius 1 is 1.55 bits per heavy atom. The molecule has 1 fully saturated rings. The monoisotopic (exact) mass is 339 g/mol. The lowest BCUT2D eigenvalue weighted by molar-refractivity contribution is -0.384. The van der Waals surface area contributed by atoms with Crippen LogP contribution in [0.2, 0.25) is 4.34 Å². The van der Waals surface area contributed by atoms with Crippen molar-refractivity contribution in [3.63, 3.8) is 0 Å². The van der Waals surface area contributed by atoms with Crippen LogP contribution in [0.25, 0.3) is 0 Å². The van der Waals surface area contributed by atoms with Gasteiger partial charge in [-0.15, -0.1) is 11.3 Å². The van der Waals surface area contributed by atoms with Gasteiger partial charge in [0.1, 0.15) is 4.21 Å². The first-order valence-corrected chi connectivity index (χ1v) is 8.69. The molecule has 1 aliphatic carbocycles. The molecular weight excluding hydrogens is 326 g/mol. The Morgan fingerprint density at radius 3 is 2.80 bits per heavy atom. The van der Waals surface area contributed by atoms with Gasteiger partial charge in [-0.3, -0.25) is 10.1 Å². The second-order valence-corrected chi connectivity index (χ2v) is 8.23. The number of nitrogens with two attached hydrogens (primary N) is 1. The highest BCUT2D eigenvalue weighted by atomic mass is 35.5. The smallest absolute Gasteiger partial charge is 0.300 e. The Bertz CT molecular complexity index is 616. The van der Waals surface area contributed by atoms with Crippen LogP contribution in [-0.2, 0) is 10.0 Å². The van der Waals surface area contributed by atoms with E-state index in [1.165, 1.54) is 0 Å². The van der Waals surface area contributed by atoms with E-state index in [2.05, 4.69) is 4.72 Å². The number of nitro groups is 1. The van der Waals surface area contributed by atoms with Crippen LogP contribution in [0.3, 0.4) is 0 Å². The highest BCUT2D eigenvalue weighted by Crippen LogP contribution is 2.36. The van der Waals surface area contributed by atoms with Crippen LogP contribution in [-0.4, -0.2) is 25.9 Å². The summed E-state index contributed by atoms with van der Waals surface area (Å²) in [6, 6.07) is 0.770. The topological polar surface area (TPSA) is 115 Å². The third kappa shape index (κ3) is 3.12. The standard InChI is InChI=1S/C10H14ClN3O4S2/c11-10-8(14(15)16)4-9(19-10)20(17,18)13-7-3-1-2-6(7)5-12/h4,6-7,13H,1-3,5,12H2. The van der Waals surface area contributed by atoms with E-state index in [1.54, 1.807) is 0 Å². The molecule has 0 aromatic carbocycles. The summed E-state index contributed by atoms with van der Waals surface area (Å²) in [5.41, 5.74) is 5.22. The Kier molecular flexibility index (Phi) is 4.65. The highest BCUT2D eigenvalue weighted by Gasteiger charge is 2.32. The lowest BCUT2D eigenvalue weighted by Gasteiger charge is -2.18. The second kappa shape index (κ2) is 5.94. The van der Waals surface area contributed by atoms with Crippen molar-refractivity contribution in [2.24, 2.45) is 11.7 Å². The fourth-order valence-electron chi connectivity index (χ4n) is 2.33. The van der Waals surface area contributed by atoms with E-state index in [0.29, 0.717) is 17.9 Å². The summed E-state index contributed by atoms with van der Waals surface area (Å²) in [6.07, 6.45) is 2.53. The molecule has 3 N–H and O–H groups in total. The van der Waals surface area contributed by atoms with Crippen LogP contribution >= 0.6 is 22.9 Å². The van der Waals surface area contributed by atoms with Gasteiger partial charge in [0.2, 0.25) is 0 Å². The predicted molar refractivity (Wildman–Crippen MR) is 76.5 cm³/mol. The van der Waals surface area contributed by atoms with Gasteiger partial charge in [-0.1, -0.05) is 18.0 Å².